The summed E-state index contributed by atoms with van der Waals surface area (Å²) in [5, 5.41) is 2.78. The lowest BCUT2D eigenvalue weighted by Crippen LogP contribution is -2.46. The van der Waals surface area contributed by atoms with E-state index in [0.29, 0.717) is 31.9 Å². The second-order valence-electron chi connectivity index (χ2n) is 5.10. The molecule has 2 heterocycles. The summed E-state index contributed by atoms with van der Waals surface area (Å²) >= 11 is 0. The zero-order chi connectivity index (χ0) is 14.5. The highest BCUT2D eigenvalue weighted by Crippen LogP contribution is 2.20. The molecule has 2 amide bonds. The van der Waals surface area contributed by atoms with E-state index in [2.05, 4.69) is 5.32 Å². The summed E-state index contributed by atoms with van der Waals surface area (Å²) in [6.45, 7) is 3.84. The van der Waals surface area contributed by atoms with Crippen LogP contribution in [0.3, 0.4) is 0 Å². The average molecular weight is 279 g/mol. The molecule has 2 rings (SSSR count). The van der Waals surface area contributed by atoms with E-state index < -0.39 is 0 Å². The summed E-state index contributed by atoms with van der Waals surface area (Å²) in [4.78, 5) is 26.0. The number of hydrogen-bond acceptors (Lipinski definition) is 4. The maximum Gasteiger partial charge on any atom is 0.289 e. The molecular weight excluding hydrogens is 258 g/mol. The lowest BCUT2D eigenvalue weighted by molar-refractivity contribution is -0.126. The van der Waals surface area contributed by atoms with E-state index in [1.165, 1.54) is 6.26 Å². The van der Waals surface area contributed by atoms with E-state index in [1.807, 2.05) is 6.92 Å². The molecule has 20 heavy (non-hydrogen) atoms. The smallest absolute Gasteiger partial charge is 0.289 e. The number of carbonyl (C=O) groups is 2. The van der Waals surface area contributed by atoms with Crippen LogP contribution in [-0.2, 0) is 4.79 Å². The molecule has 0 saturated carbocycles. The summed E-state index contributed by atoms with van der Waals surface area (Å²) < 4.78 is 5.23. The number of rotatable bonds is 4. The number of nitrogens with one attached hydrogen (secondary N) is 1. The minimum atomic E-state index is -0.158. The van der Waals surface area contributed by atoms with Gasteiger partial charge in [0.15, 0.2) is 5.76 Å². The van der Waals surface area contributed by atoms with Crippen molar-refractivity contribution < 1.29 is 14.0 Å². The Morgan fingerprint density at radius 2 is 2.35 bits per heavy atom. The van der Waals surface area contributed by atoms with Crippen LogP contribution in [0.15, 0.2) is 16.7 Å². The fraction of sp³-hybridized carbons (Fsp3) is 0.571. The first-order valence-electron chi connectivity index (χ1n) is 6.94. The Morgan fingerprint density at radius 1 is 1.55 bits per heavy atom. The summed E-state index contributed by atoms with van der Waals surface area (Å²) in [7, 11) is 0. The van der Waals surface area contributed by atoms with Crippen molar-refractivity contribution in [1.82, 2.24) is 10.2 Å². The number of aryl methyl sites for hydroxylation is 1. The van der Waals surface area contributed by atoms with Gasteiger partial charge in [0, 0.05) is 31.7 Å². The Kier molecular flexibility index (Phi) is 4.79. The Labute approximate surface area is 118 Å². The zero-order valence-electron chi connectivity index (χ0n) is 11.7. The molecule has 3 N–H and O–H groups in total. The van der Waals surface area contributed by atoms with Crippen LogP contribution in [0.2, 0.25) is 0 Å². The molecule has 1 aromatic heterocycles. The molecule has 0 aromatic carbocycles. The second kappa shape index (κ2) is 6.56. The van der Waals surface area contributed by atoms with Crippen LogP contribution in [-0.4, -0.2) is 42.9 Å². The largest absolute Gasteiger partial charge is 0.459 e. The maximum absolute atomic E-state index is 12.3. The van der Waals surface area contributed by atoms with Gasteiger partial charge in [0.05, 0.1) is 12.2 Å². The molecule has 1 saturated heterocycles. The third kappa shape index (κ3) is 3.19. The number of nitrogens with two attached hydrogens (primary N) is 1. The molecule has 1 aliphatic rings. The number of nitrogens with zero attached hydrogens (tertiary/aromatic N) is 1. The lowest BCUT2D eigenvalue weighted by atomic mass is 9.96. The normalized spacial score (nSPS) is 18.9. The van der Waals surface area contributed by atoms with Gasteiger partial charge >= 0.3 is 0 Å². The van der Waals surface area contributed by atoms with E-state index >= 15 is 0 Å². The third-order valence-corrected chi connectivity index (χ3v) is 3.58. The van der Waals surface area contributed by atoms with Crippen LogP contribution in [0.4, 0.5) is 0 Å². The Hall–Kier alpha value is -1.82. The predicted octanol–water partition coefficient (Wildman–Crippen LogP) is 0.515. The molecule has 0 aliphatic carbocycles. The number of hydrogen-bond donors (Lipinski definition) is 2. The standard InChI is InChI=1S/C14H21N3O3/c1-10-4-8-20-12(10)14(19)17-7-2-3-11(9-17)13(18)16-6-5-15/h4,8,11H,2-3,5-7,9,15H2,1H3,(H,16,18). The zero-order valence-corrected chi connectivity index (χ0v) is 11.7. The molecule has 6 heteroatoms. The number of likely N-dealkylation sites (tertiary alicyclic amines) is 1. The van der Waals surface area contributed by atoms with Crippen molar-refractivity contribution in [2.75, 3.05) is 26.2 Å². The van der Waals surface area contributed by atoms with Gasteiger partial charge in [0.2, 0.25) is 5.91 Å². The van der Waals surface area contributed by atoms with Gasteiger partial charge in [-0.05, 0) is 25.8 Å². The monoisotopic (exact) mass is 279 g/mol. The Bertz CT molecular complexity index is 484. The summed E-state index contributed by atoms with van der Waals surface area (Å²) in [6, 6.07) is 1.77. The van der Waals surface area contributed by atoms with Crippen molar-refractivity contribution in [2.45, 2.75) is 19.8 Å². The predicted molar refractivity (Wildman–Crippen MR) is 74.1 cm³/mol. The van der Waals surface area contributed by atoms with Crippen molar-refractivity contribution in [2.24, 2.45) is 11.7 Å². The highest BCUT2D eigenvalue weighted by molar-refractivity contribution is 5.93. The average Bonchev–Trinajstić information content (AvgIpc) is 2.90. The number of furan rings is 1. The first-order valence-corrected chi connectivity index (χ1v) is 6.94. The molecule has 0 radical (unpaired) electrons. The van der Waals surface area contributed by atoms with Crippen LogP contribution < -0.4 is 11.1 Å². The van der Waals surface area contributed by atoms with Crippen molar-refractivity contribution in [1.29, 1.82) is 0 Å². The van der Waals surface area contributed by atoms with Crippen molar-refractivity contribution in [3.05, 3.63) is 23.7 Å². The molecule has 1 aliphatic heterocycles. The highest BCUT2D eigenvalue weighted by atomic mass is 16.3. The number of amides is 2. The minimum Gasteiger partial charge on any atom is -0.459 e. The molecule has 1 aromatic rings. The second-order valence-corrected chi connectivity index (χ2v) is 5.10. The molecule has 1 unspecified atom stereocenters. The van der Waals surface area contributed by atoms with Gasteiger partial charge in [-0.2, -0.15) is 0 Å². The molecule has 1 fully saturated rings. The van der Waals surface area contributed by atoms with Gasteiger partial charge in [0.1, 0.15) is 0 Å². The highest BCUT2D eigenvalue weighted by Gasteiger charge is 2.30. The van der Waals surface area contributed by atoms with Gasteiger partial charge in [-0.25, -0.2) is 0 Å². The van der Waals surface area contributed by atoms with E-state index in [4.69, 9.17) is 10.2 Å². The van der Waals surface area contributed by atoms with Gasteiger partial charge in [-0.15, -0.1) is 0 Å². The first kappa shape index (κ1) is 14.6. The lowest BCUT2D eigenvalue weighted by Gasteiger charge is -2.31. The fourth-order valence-electron chi connectivity index (χ4n) is 2.45. The molecule has 0 bridgehead atoms. The molecule has 6 nitrogen and oxygen atoms in total. The van der Waals surface area contributed by atoms with E-state index in [0.717, 1.165) is 18.4 Å². The Morgan fingerprint density at radius 3 is 3.00 bits per heavy atom. The van der Waals surface area contributed by atoms with E-state index in [-0.39, 0.29) is 17.7 Å². The van der Waals surface area contributed by atoms with Crippen LogP contribution in [0.25, 0.3) is 0 Å². The van der Waals surface area contributed by atoms with Crippen molar-refractivity contribution in [3.8, 4) is 0 Å². The van der Waals surface area contributed by atoms with Gasteiger partial charge < -0.3 is 20.4 Å². The van der Waals surface area contributed by atoms with Gasteiger partial charge in [0.25, 0.3) is 5.91 Å². The van der Waals surface area contributed by atoms with E-state index in [9.17, 15) is 9.59 Å². The summed E-state index contributed by atoms with van der Waals surface area (Å²) in [5.74, 6) is 0.0514. The minimum absolute atomic E-state index is 0.0240. The maximum atomic E-state index is 12.3. The van der Waals surface area contributed by atoms with Crippen LogP contribution in [0.5, 0.6) is 0 Å². The fourth-order valence-corrected chi connectivity index (χ4v) is 2.45. The molecule has 110 valence electrons. The van der Waals surface area contributed by atoms with Crippen molar-refractivity contribution >= 4 is 11.8 Å². The van der Waals surface area contributed by atoms with Gasteiger partial charge in [-0.1, -0.05) is 0 Å². The van der Waals surface area contributed by atoms with Crippen LogP contribution in [0.1, 0.15) is 29.0 Å². The van der Waals surface area contributed by atoms with Crippen LogP contribution in [0, 0.1) is 12.8 Å². The summed E-state index contributed by atoms with van der Waals surface area (Å²) in [5.41, 5.74) is 6.19. The van der Waals surface area contributed by atoms with Crippen molar-refractivity contribution in [3.63, 3.8) is 0 Å². The quantitative estimate of drug-likeness (QED) is 0.840. The molecule has 1 atom stereocenters. The first-order chi connectivity index (χ1) is 9.63. The topological polar surface area (TPSA) is 88.6 Å². The number of piperidine rings is 1. The number of carbonyl (C=O) groups excluding carboxylic acids is 2. The van der Waals surface area contributed by atoms with Crippen LogP contribution >= 0.6 is 0 Å². The summed E-state index contributed by atoms with van der Waals surface area (Å²) in [6.07, 6.45) is 3.14. The Balaban J connectivity index is 1.98. The SMILES string of the molecule is Cc1ccoc1C(=O)N1CCCC(C(=O)NCCN)C1. The van der Waals surface area contributed by atoms with Gasteiger partial charge in [-0.3, -0.25) is 9.59 Å². The third-order valence-electron chi connectivity index (χ3n) is 3.58. The van der Waals surface area contributed by atoms with E-state index in [1.54, 1.807) is 11.0 Å². The molecular formula is C14H21N3O3. The molecule has 0 spiro atoms.